The maximum Gasteiger partial charge on any atom is 0.404 e. The number of ether oxygens (including phenoxy) is 2. The van der Waals surface area contributed by atoms with Crippen LogP contribution in [0.25, 0.3) is 0 Å². The van der Waals surface area contributed by atoms with Gasteiger partial charge in [-0.05, 0) is 37.1 Å². The van der Waals surface area contributed by atoms with Crippen LogP contribution in [-0.4, -0.2) is 91.9 Å². The molecule has 10 nitrogen and oxygen atoms in total. The molecule has 5 N–H and O–H groups in total. The Balaban J connectivity index is 1.66. The Labute approximate surface area is 224 Å². The lowest BCUT2D eigenvalue weighted by atomic mass is 9.83. The molecule has 1 aromatic rings. The van der Waals surface area contributed by atoms with Crippen molar-refractivity contribution in [2.75, 3.05) is 46.4 Å². The molecule has 37 heavy (non-hydrogen) atoms. The van der Waals surface area contributed by atoms with Crippen LogP contribution >= 0.6 is 11.6 Å². The molecule has 2 fully saturated rings. The zero-order valence-electron chi connectivity index (χ0n) is 21.5. The first-order valence-electron chi connectivity index (χ1n) is 13.2. The van der Waals surface area contributed by atoms with Crippen LogP contribution in [-0.2, 0) is 9.47 Å². The molecule has 1 saturated heterocycles. The Morgan fingerprint density at radius 1 is 1.27 bits per heavy atom. The Morgan fingerprint density at radius 3 is 2.76 bits per heavy atom. The van der Waals surface area contributed by atoms with Gasteiger partial charge in [-0.15, -0.1) is 0 Å². The summed E-state index contributed by atoms with van der Waals surface area (Å²) in [5.74, 6) is 0.503. The first kappa shape index (κ1) is 29.4. The average Bonchev–Trinajstić information content (AvgIpc) is 2.89. The van der Waals surface area contributed by atoms with E-state index < -0.39 is 24.4 Å². The van der Waals surface area contributed by atoms with Crippen molar-refractivity contribution in [3.05, 3.63) is 34.9 Å². The molecule has 11 heteroatoms. The van der Waals surface area contributed by atoms with Crippen molar-refractivity contribution in [2.24, 2.45) is 5.92 Å². The summed E-state index contributed by atoms with van der Waals surface area (Å²) >= 11 is 6.21. The molecule has 2 unspecified atom stereocenters. The number of hydrogen-bond acceptors (Lipinski definition) is 6. The number of halogens is 1. The number of aliphatic hydroxyl groups excluding tert-OH is 1. The zero-order valence-corrected chi connectivity index (χ0v) is 22.3. The smallest absolute Gasteiger partial charge is 0.404 e. The van der Waals surface area contributed by atoms with Gasteiger partial charge in [0.25, 0.3) is 0 Å². The molecule has 4 atom stereocenters. The second kappa shape index (κ2) is 15.3. The Bertz CT molecular complexity index is 856. The number of carboxylic acid groups (broad SMARTS) is 1. The van der Waals surface area contributed by atoms with E-state index in [1.165, 1.54) is 19.3 Å². The Kier molecular flexibility index (Phi) is 12.2. The summed E-state index contributed by atoms with van der Waals surface area (Å²) < 4.78 is 12.1. The third-order valence-corrected chi connectivity index (χ3v) is 7.30. The highest BCUT2D eigenvalue weighted by atomic mass is 35.5. The fraction of sp³-hybridized carbons (Fsp3) is 0.692. The van der Waals surface area contributed by atoms with E-state index in [4.69, 9.17) is 26.2 Å². The summed E-state index contributed by atoms with van der Waals surface area (Å²) in [5, 5.41) is 28.5. The number of carbonyl (C=O) groups is 2. The van der Waals surface area contributed by atoms with Gasteiger partial charge in [0.05, 0.1) is 31.9 Å². The van der Waals surface area contributed by atoms with Gasteiger partial charge in [0.15, 0.2) is 0 Å². The highest BCUT2D eigenvalue weighted by Gasteiger charge is 2.34. The lowest BCUT2D eigenvalue weighted by Crippen LogP contribution is -2.56. The molecule has 2 aliphatic rings. The maximum atomic E-state index is 13.3. The van der Waals surface area contributed by atoms with Gasteiger partial charge in [-0.2, -0.15) is 0 Å². The second-order valence-electron chi connectivity index (χ2n) is 9.85. The number of aliphatic hydroxyl groups is 1. The standard InChI is InChI=1S/C26H41ClN4O6/c1-28-16-22(32)21(14-18-6-3-2-4-7-18)30-25(33)31-11-13-36-23(17-31)24(37-12-10-29-26(34)35)19-8-5-9-20(27)15-19/h5,8-9,15,18,21-24,28-29,32H,2-4,6-7,10-14,16-17H2,1H3,(H,30,33)(H,34,35)/t21?,22?,23-,24+/m1/s1. The largest absolute Gasteiger partial charge is 0.465 e. The van der Waals surface area contributed by atoms with Gasteiger partial charge in [-0.1, -0.05) is 55.8 Å². The molecule has 0 radical (unpaired) electrons. The topological polar surface area (TPSA) is 132 Å². The number of hydrogen-bond donors (Lipinski definition) is 5. The van der Waals surface area contributed by atoms with Gasteiger partial charge < -0.3 is 40.5 Å². The van der Waals surface area contributed by atoms with Crippen molar-refractivity contribution >= 4 is 23.7 Å². The number of amides is 3. The SMILES string of the molecule is CNCC(O)C(CC1CCCCC1)NC(=O)N1CCO[C@@H]([C@@H](OCCNC(=O)O)c2cccc(Cl)c2)C1. The average molecular weight is 541 g/mol. The highest BCUT2D eigenvalue weighted by molar-refractivity contribution is 6.30. The van der Waals surface area contributed by atoms with Gasteiger partial charge >= 0.3 is 12.1 Å². The number of carbonyl (C=O) groups excluding carboxylic acids is 1. The van der Waals surface area contributed by atoms with Gasteiger partial charge in [0.2, 0.25) is 0 Å². The van der Waals surface area contributed by atoms with Crippen LogP contribution in [0.1, 0.15) is 50.2 Å². The molecule has 0 bridgehead atoms. The van der Waals surface area contributed by atoms with Crippen LogP contribution in [0, 0.1) is 5.92 Å². The van der Waals surface area contributed by atoms with Crippen molar-refractivity contribution in [2.45, 2.75) is 62.9 Å². The molecule has 0 aromatic heterocycles. The van der Waals surface area contributed by atoms with Crippen molar-refractivity contribution in [3.8, 4) is 0 Å². The fourth-order valence-corrected chi connectivity index (χ4v) is 5.38. The lowest BCUT2D eigenvalue weighted by Gasteiger charge is -2.38. The number of rotatable bonds is 12. The normalized spacial score (nSPS) is 21.2. The van der Waals surface area contributed by atoms with E-state index in [-0.39, 0.29) is 31.8 Å². The molecular formula is C26H41ClN4O6. The summed E-state index contributed by atoms with van der Waals surface area (Å²) in [6.45, 7) is 1.69. The summed E-state index contributed by atoms with van der Waals surface area (Å²) in [5.41, 5.74) is 0.787. The van der Waals surface area contributed by atoms with E-state index in [0.717, 1.165) is 24.8 Å². The Hall–Kier alpha value is -2.11. The lowest BCUT2D eigenvalue weighted by molar-refractivity contribution is -0.105. The minimum absolute atomic E-state index is 0.121. The van der Waals surface area contributed by atoms with Crippen LogP contribution in [0.4, 0.5) is 9.59 Å². The van der Waals surface area contributed by atoms with E-state index in [9.17, 15) is 14.7 Å². The number of benzene rings is 1. The Morgan fingerprint density at radius 2 is 2.05 bits per heavy atom. The van der Waals surface area contributed by atoms with Crippen LogP contribution in [0.5, 0.6) is 0 Å². The van der Waals surface area contributed by atoms with E-state index >= 15 is 0 Å². The molecule has 1 aromatic carbocycles. The maximum absolute atomic E-state index is 13.3. The van der Waals surface area contributed by atoms with Crippen LogP contribution in [0.2, 0.25) is 5.02 Å². The van der Waals surface area contributed by atoms with E-state index in [1.54, 1.807) is 24.1 Å². The van der Waals surface area contributed by atoms with Crippen molar-refractivity contribution < 1.29 is 29.3 Å². The first-order chi connectivity index (χ1) is 17.9. The molecule has 208 valence electrons. The molecule has 1 heterocycles. The fourth-order valence-electron chi connectivity index (χ4n) is 5.18. The minimum Gasteiger partial charge on any atom is -0.465 e. The number of urea groups is 1. The minimum atomic E-state index is -1.12. The van der Waals surface area contributed by atoms with Gasteiger partial charge in [0, 0.05) is 24.7 Å². The van der Waals surface area contributed by atoms with E-state index in [2.05, 4.69) is 16.0 Å². The molecular weight excluding hydrogens is 500 g/mol. The molecule has 3 rings (SSSR count). The van der Waals surface area contributed by atoms with Crippen LogP contribution in [0.15, 0.2) is 24.3 Å². The molecule has 1 aliphatic carbocycles. The molecule has 3 amide bonds. The van der Waals surface area contributed by atoms with Crippen molar-refractivity contribution in [3.63, 3.8) is 0 Å². The highest BCUT2D eigenvalue weighted by Crippen LogP contribution is 2.30. The van der Waals surface area contributed by atoms with Gasteiger partial charge in [0.1, 0.15) is 12.2 Å². The summed E-state index contributed by atoms with van der Waals surface area (Å²) in [6, 6.07) is 6.66. The predicted octanol–water partition coefficient (Wildman–Crippen LogP) is 3.00. The summed E-state index contributed by atoms with van der Waals surface area (Å²) in [4.78, 5) is 25.8. The van der Waals surface area contributed by atoms with E-state index in [0.29, 0.717) is 30.6 Å². The molecule has 0 spiro atoms. The molecule has 1 aliphatic heterocycles. The third kappa shape index (κ3) is 9.61. The zero-order chi connectivity index (χ0) is 26.6. The quantitative estimate of drug-likeness (QED) is 0.257. The second-order valence-corrected chi connectivity index (χ2v) is 10.3. The van der Waals surface area contributed by atoms with Crippen LogP contribution in [0.3, 0.4) is 0 Å². The first-order valence-corrected chi connectivity index (χ1v) is 13.6. The van der Waals surface area contributed by atoms with Gasteiger partial charge in [-0.25, -0.2) is 9.59 Å². The number of likely N-dealkylation sites (N-methyl/N-ethyl adjacent to an activating group) is 1. The van der Waals surface area contributed by atoms with Gasteiger partial charge in [-0.3, -0.25) is 0 Å². The summed E-state index contributed by atoms with van der Waals surface area (Å²) in [7, 11) is 1.79. The molecule has 1 saturated carbocycles. The van der Waals surface area contributed by atoms with Crippen molar-refractivity contribution in [1.82, 2.24) is 20.9 Å². The van der Waals surface area contributed by atoms with Crippen LogP contribution < -0.4 is 16.0 Å². The number of morpholine rings is 1. The van der Waals surface area contributed by atoms with E-state index in [1.807, 2.05) is 12.1 Å². The predicted molar refractivity (Wildman–Crippen MR) is 141 cm³/mol. The number of nitrogens with one attached hydrogen (secondary N) is 3. The summed E-state index contributed by atoms with van der Waals surface area (Å²) in [6.07, 6.45) is 3.86. The number of nitrogens with zero attached hydrogens (tertiary/aromatic N) is 1. The van der Waals surface area contributed by atoms with Crippen molar-refractivity contribution in [1.29, 1.82) is 0 Å². The monoisotopic (exact) mass is 540 g/mol. The third-order valence-electron chi connectivity index (χ3n) is 7.07.